The lowest BCUT2D eigenvalue weighted by atomic mass is 9.47. The fourth-order valence-electron chi connectivity index (χ4n) is 9.05. The molecule has 3 aromatic carbocycles. The molecule has 10 atom stereocenters. The molecule has 0 saturated heterocycles. The monoisotopic (exact) mass is 804 g/mol. The molecule has 3 saturated carbocycles. The first-order chi connectivity index (χ1) is 27.8. The summed E-state index contributed by atoms with van der Waals surface area (Å²) < 4.78 is 45.2. The second-order valence-corrected chi connectivity index (χ2v) is 14.9. The van der Waals surface area contributed by atoms with Crippen LogP contribution in [-0.4, -0.2) is 105 Å². The molecule has 6 rings (SSSR count). The maximum Gasteiger partial charge on any atom is 0.338 e. The van der Waals surface area contributed by atoms with Crippen molar-refractivity contribution >= 4 is 29.8 Å². The molecule has 15 nitrogen and oxygen atoms in total. The standard InChI is InChI=1S/C43H48O15/c1-23(44)55-33-21-34(57-41(49)26-8-14-29(52-4)15-9-26)38(56-24(2)45)31-18-19-43(22-54-40(48)25-6-12-28(51-3)13-7-25)37(36(31)33)32(46)20-35(39(43)47)58-42(50)27-10-16-30(53-5)17-11-27/h6-17,31-39,46-47H,18-22H2,1-5H3/t31-,32-,33-,34-,35-,36+,37+,38+,39-,43+/m1/s1. The van der Waals surface area contributed by atoms with E-state index in [1.54, 1.807) is 36.4 Å². The van der Waals surface area contributed by atoms with E-state index in [2.05, 4.69) is 0 Å². The predicted octanol–water partition coefficient (Wildman–Crippen LogP) is 4.34. The first-order valence-electron chi connectivity index (χ1n) is 19.0. The zero-order valence-electron chi connectivity index (χ0n) is 32.9. The first kappa shape index (κ1) is 41.9. The summed E-state index contributed by atoms with van der Waals surface area (Å²) in [6, 6.07) is 18.6. The van der Waals surface area contributed by atoms with Gasteiger partial charge in [-0.05, 0) is 85.6 Å². The highest BCUT2D eigenvalue weighted by Crippen LogP contribution is 2.60. The fourth-order valence-corrected chi connectivity index (χ4v) is 9.05. The molecule has 0 spiro atoms. The summed E-state index contributed by atoms with van der Waals surface area (Å²) in [5.41, 5.74) is -0.897. The highest BCUT2D eigenvalue weighted by molar-refractivity contribution is 5.90. The van der Waals surface area contributed by atoms with E-state index in [1.165, 1.54) is 71.6 Å². The SMILES string of the molecule is COc1ccc(C(=O)OC[C@@]23CC[C@H]4[C@H](OC(C)=O)[C@H](OC(=O)c5ccc(OC)cc5)C[C@@H](OC(C)=O)[C@H]4[C@@H]2[C@H](O)C[C@@H](OC(=O)c2ccc(OC)cc2)[C@H]3O)cc1. The zero-order chi connectivity index (χ0) is 41.7. The Bertz CT molecular complexity index is 1950. The summed E-state index contributed by atoms with van der Waals surface area (Å²) >= 11 is 0. The molecular formula is C43H48O15. The minimum Gasteiger partial charge on any atom is -0.497 e. The maximum absolute atomic E-state index is 13.5. The number of methoxy groups -OCH3 is 3. The molecule has 58 heavy (non-hydrogen) atoms. The highest BCUT2D eigenvalue weighted by atomic mass is 16.6. The van der Waals surface area contributed by atoms with E-state index >= 15 is 0 Å². The van der Waals surface area contributed by atoms with Crippen LogP contribution in [-0.2, 0) is 33.3 Å². The van der Waals surface area contributed by atoms with Gasteiger partial charge in [-0.3, -0.25) is 9.59 Å². The number of carbonyl (C=O) groups excluding carboxylic acids is 5. The summed E-state index contributed by atoms with van der Waals surface area (Å²) in [7, 11) is 4.47. The lowest BCUT2D eigenvalue weighted by Gasteiger charge is -2.61. The quantitative estimate of drug-likeness (QED) is 0.193. The molecule has 0 aromatic heterocycles. The van der Waals surface area contributed by atoms with Crippen molar-refractivity contribution in [3.8, 4) is 17.2 Å². The Morgan fingerprint density at radius 3 is 1.53 bits per heavy atom. The zero-order valence-corrected chi connectivity index (χ0v) is 32.9. The average Bonchev–Trinajstić information content (AvgIpc) is 3.22. The van der Waals surface area contributed by atoms with Gasteiger partial charge in [0, 0.05) is 49.9 Å². The second-order valence-electron chi connectivity index (χ2n) is 14.9. The smallest absolute Gasteiger partial charge is 0.338 e. The largest absolute Gasteiger partial charge is 0.497 e. The molecule has 0 amide bonds. The second kappa shape index (κ2) is 17.9. The number of benzene rings is 3. The average molecular weight is 805 g/mol. The van der Waals surface area contributed by atoms with Crippen LogP contribution in [0.5, 0.6) is 17.2 Å². The van der Waals surface area contributed by atoms with E-state index in [9.17, 15) is 34.2 Å². The van der Waals surface area contributed by atoms with Crippen LogP contribution >= 0.6 is 0 Å². The van der Waals surface area contributed by atoms with Gasteiger partial charge in [-0.1, -0.05) is 0 Å². The van der Waals surface area contributed by atoms with E-state index in [1.807, 2.05) is 0 Å². The van der Waals surface area contributed by atoms with Gasteiger partial charge in [-0.25, -0.2) is 14.4 Å². The summed E-state index contributed by atoms with van der Waals surface area (Å²) in [4.78, 5) is 65.8. The van der Waals surface area contributed by atoms with Crippen LogP contribution in [0.25, 0.3) is 0 Å². The van der Waals surface area contributed by atoms with E-state index in [4.69, 9.17) is 37.9 Å². The van der Waals surface area contributed by atoms with Crippen molar-refractivity contribution in [1.82, 2.24) is 0 Å². The third kappa shape index (κ3) is 8.75. The lowest BCUT2D eigenvalue weighted by molar-refractivity contribution is -0.257. The predicted molar refractivity (Wildman–Crippen MR) is 202 cm³/mol. The van der Waals surface area contributed by atoms with E-state index in [0.29, 0.717) is 17.2 Å². The Morgan fingerprint density at radius 1 is 0.603 bits per heavy atom. The molecule has 0 aliphatic heterocycles. The number of hydrogen-bond acceptors (Lipinski definition) is 15. The third-order valence-corrected chi connectivity index (χ3v) is 11.6. The molecule has 3 fully saturated rings. The van der Waals surface area contributed by atoms with Crippen molar-refractivity contribution in [2.45, 2.75) is 76.2 Å². The third-order valence-electron chi connectivity index (χ3n) is 11.6. The van der Waals surface area contributed by atoms with Crippen molar-refractivity contribution in [2.24, 2.45) is 23.2 Å². The van der Waals surface area contributed by atoms with Crippen molar-refractivity contribution in [2.75, 3.05) is 27.9 Å². The Labute approximate surface area is 335 Å². The van der Waals surface area contributed by atoms with Gasteiger partial charge in [-0.15, -0.1) is 0 Å². The number of fused-ring (bicyclic) bond motifs is 3. The van der Waals surface area contributed by atoms with Gasteiger partial charge < -0.3 is 48.1 Å². The first-order valence-corrected chi connectivity index (χ1v) is 19.0. The minimum atomic E-state index is -1.50. The van der Waals surface area contributed by atoms with Crippen LogP contribution in [0.2, 0.25) is 0 Å². The molecule has 0 unspecified atom stereocenters. The maximum atomic E-state index is 13.5. The van der Waals surface area contributed by atoms with Gasteiger partial charge in [0.25, 0.3) is 0 Å². The van der Waals surface area contributed by atoms with E-state index in [0.717, 1.165) is 0 Å². The van der Waals surface area contributed by atoms with Gasteiger partial charge in [0.05, 0.1) is 44.1 Å². The molecule has 3 aliphatic carbocycles. The Kier molecular flexibility index (Phi) is 12.9. The Balaban J connectivity index is 1.36. The number of carbonyl (C=O) groups is 5. The molecular weight excluding hydrogens is 756 g/mol. The number of rotatable bonds is 12. The topological polar surface area (TPSA) is 200 Å². The van der Waals surface area contributed by atoms with E-state index in [-0.39, 0.29) is 42.4 Å². The molecule has 3 aromatic rings. The van der Waals surface area contributed by atoms with Crippen LogP contribution in [0.3, 0.4) is 0 Å². The number of hydrogen-bond donors (Lipinski definition) is 2. The summed E-state index contributed by atoms with van der Waals surface area (Å²) in [5.74, 6) is -4.41. The number of esters is 5. The number of ether oxygens (including phenoxy) is 8. The minimum absolute atomic E-state index is 0.0627. The van der Waals surface area contributed by atoms with E-state index < -0.39 is 96.2 Å². The van der Waals surface area contributed by atoms with Gasteiger partial charge in [-0.2, -0.15) is 0 Å². The summed E-state index contributed by atoms with van der Waals surface area (Å²) in [6.07, 6.45) is -7.35. The summed E-state index contributed by atoms with van der Waals surface area (Å²) in [5, 5.41) is 24.6. The van der Waals surface area contributed by atoms with Crippen LogP contribution in [0.15, 0.2) is 72.8 Å². The molecule has 15 heteroatoms. The molecule has 0 radical (unpaired) electrons. The van der Waals surface area contributed by atoms with Crippen molar-refractivity contribution in [1.29, 1.82) is 0 Å². The molecule has 310 valence electrons. The van der Waals surface area contributed by atoms with Crippen LogP contribution in [0, 0.1) is 23.2 Å². The van der Waals surface area contributed by atoms with Gasteiger partial charge in [0.15, 0.2) is 0 Å². The number of aliphatic hydroxyl groups excluding tert-OH is 2. The summed E-state index contributed by atoms with van der Waals surface area (Å²) in [6.45, 7) is 2.02. The molecule has 2 N–H and O–H groups in total. The van der Waals surface area contributed by atoms with Crippen molar-refractivity contribution in [3.05, 3.63) is 89.5 Å². The Hall–Kier alpha value is -5.67. The van der Waals surface area contributed by atoms with Gasteiger partial charge in [0.1, 0.15) is 54.4 Å². The molecule has 0 heterocycles. The van der Waals surface area contributed by atoms with Gasteiger partial charge >= 0.3 is 29.8 Å². The fraction of sp³-hybridized carbons (Fsp3) is 0.465. The Morgan fingerprint density at radius 2 is 1.07 bits per heavy atom. The normalized spacial score (nSPS) is 28.6. The van der Waals surface area contributed by atoms with Crippen molar-refractivity contribution in [3.63, 3.8) is 0 Å². The molecule has 0 bridgehead atoms. The van der Waals surface area contributed by atoms with Crippen LogP contribution < -0.4 is 14.2 Å². The van der Waals surface area contributed by atoms with Crippen molar-refractivity contribution < 1.29 is 72.1 Å². The van der Waals surface area contributed by atoms with Crippen LogP contribution in [0.1, 0.15) is 70.6 Å². The van der Waals surface area contributed by atoms with Gasteiger partial charge in [0.2, 0.25) is 0 Å². The lowest BCUT2D eigenvalue weighted by Crippen LogP contribution is -2.69. The number of aliphatic hydroxyl groups is 2. The molecule has 3 aliphatic rings. The highest BCUT2D eigenvalue weighted by Gasteiger charge is 2.66. The van der Waals surface area contributed by atoms with Crippen LogP contribution in [0.4, 0.5) is 0 Å².